The normalized spacial score (nSPS) is 34.8. The third kappa shape index (κ3) is 1.65. The zero-order valence-electron chi connectivity index (χ0n) is 12.8. The van der Waals surface area contributed by atoms with Gasteiger partial charge in [-0.05, 0) is 37.5 Å². The quantitative estimate of drug-likeness (QED) is 0.788. The molecule has 0 radical (unpaired) electrons. The molecule has 2 unspecified atom stereocenters. The van der Waals surface area contributed by atoms with Gasteiger partial charge in [-0.25, -0.2) is 10.3 Å². The molecule has 3 atom stereocenters. The van der Waals surface area contributed by atoms with E-state index < -0.39 is 11.8 Å². The Labute approximate surface area is 142 Å². The minimum Gasteiger partial charge on any atom is -0.417 e. The Bertz CT molecular complexity index is 814. The molecule has 1 spiro atoms. The summed E-state index contributed by atoms with van der Waals surface area (Å²) >= 11 is 1.37. The first-order chi connectivity index (χ1) is 11.6. The molecule has 3 fully saturated rings. The van der Waals surface area contributed by atoms with E-state index in [0.29, 0.717) is 5.04 Å². The topological polar surface area (TPSA) is 93.0 Å². The minimum atomic E-state index is -0.948. The first-order valence-electron chi connectivity index (χ1n) is 7.72. The predicted octanol–water partition coefficient (Wildman–Crippen LogP) is 1.58. The first kappa shape index (κ1) is 14.1. The van der Waals surface area contributed by atoms with Crippen LogP contribution in [0.3, 0.4) is 0 Å². The first-order valence-corrected chi connectivity index (χ1v) is 8.49. The molecule has 2 bridgehead atoms. The maximum absolute atomic E-state index is 12.5. The van der Waals surface area contributed by atoms with Crippen molar-refractivity contribution < 1.29 is 9.53 Å². The van der Waals surface area contributed by atoms with E-state index in [4.69, 9.17) is 4.74 Å². The highest BCUT2D eigenvalue weighted by atomic mass is 32.2. The zero-order chi connectivity index (χ0) is 16.5. The number of anilines is 1. The SMILES string of the molecule is CC1N(c2ccc(C3(C#N)CC3)cc2)C(=O)O[C@@]12NN1NN=C2S1. The number of nitrogens with zero attached hydrogens (tertiary/aromatic N) is 4. The van der Waals surface area contributed by atoms with Crippen molar-refractivity contribution in [2.75, 3.05) is 4.90 Å². The van der Waals surface area contributed by atoms with Gasteiger partial charge in [-0.1, -0.05) is 16.7 Å². The molecule has 8 nitrogen and oxygen atoms in total. The second-order valence-electron chi connectivity index (χ2n) is 6.40. The van der Waals surface area contributed by atoms with Crippen molar-refractivity contribution in [1.29, 1.82) is 5.26 Å². The van der Waals surface area contributed by atoms with E-state index in [9.17, 15) is 10.1 Å². The molecule has 1 aliphatic carbocycles. The van der Waals surface area contributed by atoms with Crippen molar-refractivity contribution in [2.24, 2.45) is 5.10 Å². The molecule has 3 heterocycles. The van der Waals surface area contributed by atoms with Crippen LogP contribution >= 0.6 is 11.9 Å². The number of nitriles is 1. The van der Waals surface area contributed by atoms with Gasteiger partial charge in [0.2, 0.25) is 0 Å². The Kier molecular flexibility index (Phi) is 2.59. The van der Waals surface area contributed by atoms with E-state index >= 15 is 0 Å². The van der Waals surface area contributed by atoms with Crippen LogP contribution in [0.5, 0.6) is 0 Å². The summed E-state index contributed by atoms with van der Waals surface area (Å²) < 4.78 is 7.26. The average Bonchev–Trinajstić information content (AvgIpc) is 3.04. The van der Waals surface area contributed by atoms with Crippen LogP contribution in [0, 0.1) is 11.3 Å². The number of hydrazine groups is 2. The lowest BCUT2D eigenvalue weighted by molar-refractivity contribution is 0.0171. The van der Waals surface area contributed by atoms with E-state index in [1.165, 1.54) is 11.9 Å². The van der Waals surface area contributed by atoms with Gasteiger partial charge in [0.1, 0.15) is 0 Å². The standard InChI is InChI=1S/C15H14N6O2S/c1-9-15(12-17-19-21(18-15)24-12)23-13(22)20(9)11-4-2-10(3-5-11)14(8-16)6-7-14/h2-5,9,18-19H,6-7H2,1H3/t9?,15-/m0/s1. The van der Waals surface area contributed by atoms with Crippen molar-refractivity contribution in [1.82, 2.24) is 15.5 Å². The van der Waals surface area contributed by atoms with Gasteiger partial charge >= 0.3 is 6.09 Å². The van der Waals surface area contributed by atoms with Crippen LogP contribution in [-0.4, -0.2) is 27.4 Å². The van der Waals surface area contributed by atoms with E-state index in [2.05, 4.69) is 22.1 Å². The molecule has 0 aromatic heterocycles. The smallest absolute Gasteiger partial charge is 0.416 e. The van der Waals surface area contributed by atoms with Crippen molar-refractivity contribution in [3.05, 3.63) is 29.8 Å². The van der Waals surface area contributed by atoms with Crippen LogP contribution < -0.4 is 15.9 Å². The maximum Gasteiger partial charge on any atom is 0.416 e. The van der Waals surface area contributed by atoms with Gasteiger partial charge < -0.3 is 4.74 Å². The molecule has 122 valence electrons. The molecule has 4 aliphatic rings. The second-order valence-corrected chi connectivity index (χ2v) is 7.34. The van der Waals surface area contributed by atoms with Crippen LogP contribution in [0.4, 0.5) is 10.5 Å². The van der Waals surface area contributed by atoms with Gasteiger partial charge in [-0.3, -0.25) is 4.90 Å². The number of benzene rings is 1. The van der Waals surface area contributed by atoms with E-state index in [1.807, 2.05) is 31.2 Å². The molecule has 1 saturated carbocycles. The van der Waals surface area contributed by atoms with Crippen LogP contribution in [-0.2, 0) is 10.2 Å². The Morgan fingerprint density at radius 3 is 2.71 bits per heavy atom. The molecule has 1 aromatic rings. The van der Waals surface area contributed by atoms with Crippen molar-refractivity contribution >= 4 is 28.8 Å². The summed E-state index contributed by atoms with van der Waals surface area (Å²) in [5, 5.41) is 14.2. The van der Waals surface area contributed by atoms with Gasteiger partial charge in [-0.2, -0.15) is 15.8 Å². The molecule has 3 aliphatic heterocycles. The Morgan fingerprint density at radius 1 is 1.42 bits per heavy atom. The molecule has 2 N–H and O–H groups in total. The summed E-state index contributed by atoms with van der Waals surface area (Å²) in [5.74, 6) is 0. The fourth-order valence-electron chi connectivity index (χ4n) is 3.43. The molecular weight excluding hydrogens is 328 g/mol. The molecular formula is C15H14N6O2S. The number of rotatable bonds is 2. The summed E-state index contributed by atoms with van der Waals surface area (Å²) in [4.78, 5) is 14.1. The van der Waals surface area contributed by atoms with E-state index in [-0.39, 0.29) is 11.5 Å². The third-order valence-electron chi connectivity index (χ3n) is 5.09. The summed E-state index contributed by atoms with van der Waals surface area (Å²) in [6, 6.07) is 9.75. The molecule has 9 heteroatoms. The van der Waals surface area contributed by atoms with Crippen molar-refractivity contribution in [3.8, 4) is 6.07 Å². The van der Waals surface area contributed by atoms with E-state index in [1.54, 1.807) is 9.42 Å². The summed E-state index contributed by atoms with van der Waals surface area (Å²) in [5.41, 5.74) is 6.38. The van der Waals surface area contributed by atoms with Gasteiger partial charge in [-0.15, -0.1) is 0 Å². The molecule has 1 aromatic carbocycles. The van der Waals surface area contributed by atoms with Gasteiger partial charge in [0.25, 0.3) is 5.72 Å². The number of ether oxygens (including phenoxy) is 1. The number of amides is 1. The second kappa shape index (κ2) is 4.42. The predicted molar refractivity (Wildman–Crippen MR) is 87.3 cm³/mol. The number of hydrazone groups is 1. The lowest BCUT2D eigenvalue weighted by atomic mass is 9.97. The lowest BCUT2D eigenvalue weighted by Crippen LogP contribution is -2.61. The lowest BCUT2D eigenvalue weighted by Gasteiger charge is -2.30. The highest BCUT2D eigenvalue weighted by molar-refractivity contribution is 8.12. The molecule has 2 saturated heterocycles. The van der Waals surface area contributed by atoms with Crippen molar-refractivity contribution in [3.63, 3.8) is 0 Å². The number of hydrogen-bond donors (Lipinski definition) is 2. The van der Waals surface area contributed by atoms with Crippen LogP contribution in [0.1, 0.15) is 25.3 Å². The van der Waals surface area contributed by atoms with Gasteiger partial charge in [0.05, 0.1) is 17.5 Å². The number of fused-ring (bicyclic) bond motifs is 3. The molecule has 5 rings (SSSR count). The van der Waals surface area contributed by atoms with Crippen LogP contribution in [0.2, 0.25) is 0 Å². The fourth-order valence-corrected chi connectivity index (χ4v) is 4.34. The largest absolute Gasteiger partial charge is 0.417 e. The number of nitrogens with one attached hydrogen (secondary N) is 2. The Hall–Kier alpha value is -2.28. The third-order valence-corrected chi connectivity index (χ3v) is 6.01. The highest BCUT2D eigenvalue weighted by Crippen LogP contribution is 2.48. The van der Waals surface area contributed by atoms with Crippen molar-refractivity contribution in [2.45, 2.75) is 36.9 Å². The molecule has 24 heavy (non-hydrogen) atoms. The monoisotopic (exact) mass is 342 g/mol. The molecule has 1 amide bonds. The zero-order valence-corrected chi connectivity index (χ0v) is 13.6. The summed E-state index contributed by atoms with van der Waals surface area (Å²) in [6.45, 7) is 1.92. The average molecular weight is 342 g/mol. The Morgan fingerprint density at radius 2 is 2.17 bits per heavy atom. The van der Waals surface area contributed by atoms with Crippen LogP contribution in [0.25, 0.3) is 0 Å². The fraction of sp³-hybridized carbons (Fsp3) is 0.400. The summed E-state index contributed by atoms with van der Waals surface area (Å²) in [6.07, 6.45) is 1.39. The minimum absolute atomic E-state index is 0.264. The number of carbonyl (C=O) groups excluding carboxylic acids is 1. The van der Waals surface area contributed by atoms with Gasteiger partial charge in [0, 0.05) is 17.6 Å². The van der Waals surface area contributed by atoms with Gasteiger partial charge in [0.15, 0.2) is 5.04 Å². The Balaban J connectivity index is 1.47. The van der Waals surface area contributed by atoms with E-state index in [0.717, 1.165) is 24.1 Å². The summed E-state index contributed by atoms with van der Waals surface area (Å²) in [7, 11) is 0. The number of carbonyl (C=O) groups is 1. The van der Waals surface area contributed by atoms with Crippen LogP contribution in [0.15, 0.2) is 29.4 Å². The highest BCUT2D eigenvalue weighted by Gasteiger charge is 2.63. The number of hydrogen-bond acceptors (Lipinski definition) is 8. The maximum atomic E-state index is 12.5.